The summed E-state index contributed by atoms with van der Waals surface area (Å²) in [5.74, 6) is 0.838. The highest BCUT2D eigenvalue weighted by atomic mass is 19.4. The highest BCUT2D eigenvalue weighted by Gasteiger charge is 2.46. The third-order valence-corrected chi connectivity index (χ3v) is 8.61. The van der Waals surface area contributed by atoms with Gasteiger partial charge in [-0.3, -0.25) is 9.97 Å². The number of aromatic nitrogens is 2. The molecular weight excluding hydrogens is 517 g/mol. The van der Waals surface area contributed by atoms with Gasteiger partial charge in [-0.25, -0.2) is 0 Å². The Morgan fingerprint density at radius 2 is 1.85 bits per heavy atom. The van der Waals surface area contributed by atoms with E-state index >= 15 is 0 Å². The molecule has 0 aromatic carbocycles. The van der Waals surface area contributed by atoms with Gasteiger partial charge in [-0.05, 0) is 72.6 Å². The van der Waals surface area contributed by atoms with Crippen LogP contribution >= 0.6 is 0 Å². The molecule has 2 unspecified atom stereocenters. The minimum Gasteiger partial charge on any atom is -0.388 e. The molecule has 1 spiro atoms. The fourth-order valence-electron chi connectivity index (χ4n) is 5.87. The molecule has 2 aromatic heterocycles. The molecule has 40 heavy (non-hydrogen) atoms. The summed E-state index contributed by atoms with van der Waals surface area (Å²) in [7, 11) is 0. The zero-order valence-electron chi connectivity index (χ0n) is 24.3. The van der Waals surface area contributed by atoms with Gasteiger partial charge in [0, 0.05) is 23.0 Å². The van der Waals surface area contributed by atoms with Crippen LogP contribution in [-0.2, 0) is 17.3 Å². The highest BCUT2D eigenvalue weighted by molar-refractivity contribution is 5.74. The van der Waals surface area contributed by atoms with Crippen molar-refractivity contribution in [1.82, 2.24) is 9.97 Å². The quantitative estimate of drug-likeness (QED) is 0.392. The molecule has 0 radical (unpaired) electrons. The van der Waals surface area contributed by atoms with Crippen LogP contribution in [0.5, 0.6) is 0 Å². The minimum atomic E-state index is -4.51. The summed E-state index contributed by atoms with van der Waals surface area (Å²) >= 11 is 0. The number of halogens is 3. The van der Waals surface area contributed by atoms with Crippen molar-refractivity contribution >= 4 is 5.57 Å². The summed E-state index contributed by atoms with van der Waals surface area (Å²) in [6.07, 6.45) is 2.92. The second-order valence-corrected chi connectivity index (χ2v) is 12.3. The van der Waals surface area contributed by atoms with Crippen molar-refractivity contribution in [2.75, 3.05) is 13.2 Å². The zero-order valence-corrected chi connectivity index (χ0v) is 24.3. The van der Waals surface area contributed by atoms with Crippen molar-refractivity contribution in [2.45, 2.75) is 104 Å². The van der Waals surface area contributed by atoms with Gasteiger partial charge >= 0.3 is 6.18 Å². The van der Waals surface area contributed by atoms with Gasteiger partial charge in [0.05, 0.1) is 36.3 Å². The van der Waals surface area contributed by atoms with Crippen LogP contribution in [-0.4, -0.2) is 33.4 Å². The number of hydrogen-bond donors (Lipinski definition) is 2. The molecule has 1 aliphatic heterocycles. The normalized spacial score (nSPS) is 20.9. The van der Waals surface area contributed by atoms with E-state index in [9.17, 15) is 23.4 Å². The number of nitrogens with zero attached hydrogens (tertiary/aromatic N) is 2. The standard InChI is InChI=1S/C27H31F3N2O3.C5H12/c1-15(2)24-23(25(34)18-5-4-17(14-31-18)27(28,29)30)21(16-6-10-35-11-7-16)22-19(32-24)12-26(8-3-9-26)13-20(22)33;1-4-5(2)3/h4-6,14-15,20,25,33-34H,3,7-13H2,1-2H3;5H,4H2,1-3H3. The van der Waals surface area contributed by atoms with E-state index in [1.165, 1.54) is 12.5 Å². The minimum absolute atomic E-state index is 0.0463. The Hall–Kier alpha value is -2.29. The van der Waals surface area contributed by atoms with E-state index in [2.05, 4.69) is 25.8 Å². The number of alkyl halides is 3. The molecular formula is C32H43F3N2O3. The van der Waals surface area contributed by atoms with Crippen LogP contribution in [0.1, 0.15) is 131 Å². The van der Waals surface area contributed by atoms with Gasteiger partial charge in [0.25, 0.3) is 0 Å². The van der Waals surface area contributed by atoms with Crippen LogP contribution in [0.2, 0.25) is 0 Å². The first-order chi connectivity index (χ1) is 18.9. The average Bonchev–Trinajstić information content (AvgIpc) is 2.91. The van der Waals surface area contributed by atoms with E-state index < -0.39 is 23.9 Å². The lowest BCUT2D eigenvalue weighted by Gasteiger charge is -2.47. The molecule has 5 nitrogen and oxygen atoms in total. The molecule has 0 saturated heterocycles. The topological polar surface area (TPSA) is 75.5 Å². The molecule has 0 bridgehead atoms. The number of pyridine rings is 2. The first kappa shape index (κ1) is 30.7. The van der Waals surface area contributed by atoms with E-state index in [-0.39, 0.29) is 17.0 Å². The van der Waals surface area contributed by atoms with E-state index in [1.54, 1.807) is 0 Å². The number of aliphatic hydroxyl groups excluding tert-OH is 2. The molecule has 2 aromatic rings. The number of rotatable bonds is 5. The largest absolute Gasteiger partial charge is 0.417 e. The lowest BCUT2D eigenvalue weighted by atomic mass is 9.59. The monoisotopic (exact) mass is 560 g/mol. The zero-order chi connectivity index (χ0) is 29.2. The SMILES string of the molecule is CC(C)c1nc2c(c(C3=CCOCC3)c1C(O)c1ccc(C(F)(F)F)cn1)C(O)CC1(CCC1)C2.CCC(C)C. The molecule has 8 heteroatoms. The van der Waals surface area contributed by atoms with E-state index in [0.29, 0.717) is 37.3 Å². The number of aliphatic hydroxyl groups is 2. The van der Waals surface area contributed by atoms with Gasteiger partial charge in [-0.15, -0.1) is 0 Å². The Morgan fingerprint density at radius 1 is 1.15 bits per heavy atom. The Morgan fingerprint density at radius 3 is 2.33 bits per heavy atom. The first-order valence-corrected chi connectivity index (χ1v) is 14.6. The van der Waals surface area contributed by atoms with Gasteiger partial charge in [0.1, 0.15) is 6.10 Å². The third-order valence-electron chi connectivity index (χ3n) is 8.61. The van der Waals surface area contributed by atoms with Crippen LogP contribution in [0.15, 0.2) is 24.4 Å². The van der Waals surface area contributed by atoms with Crippen LogP contribution in [0.3, 0.4) is 0 Å². The number of hydrogen-bond acceptors (Lipinski definition) is 5. The predicted octanol–water partition coefficient (Wildman–Crippen LogP) is 7.71. The molecule has 220 valence electrons. The predicted molar refractivity (Wildman–Crippen MR) is 150 cm³/mol. The van der Waals surface area contributed by atoms with Gasteiger partial charge in [0.2, 0.25) is 0 Å². The molecule has 5 rings (SSSR count). The summed E-state index contributed by atoms with van der Waals surface area (Å²) in [6, 6.07) is 2.16. The van der Waals surface area contributed by atoms with Crippen molar-refractivity contribution in [3.63, 3.8) is 0 Å². The number of ether oxygens (including phenoxy) is 1. The third kappa shape index (κ3) is 6.44. The second-order valence-electron chi connectivity index (χ2n) is 12.3. The summed E-state index contributed by atoms with van der Waals surface area (Å²) < 4.78 is 44.8. The Bertz CT molecular complexity index is 1200. The summed E-state index contributed by atoms with van der Waals surface area (Å²) in [6.45, 7) is 11.6. The molecule has 2 aliphatic carbocycles. The maximum Gasteiger partial charge on any atom is 0.417 e. The van der Waals surface area contributed by atoms with Gasteiger partial charge in [-0.1, -0.05) is 53.5 Å². The van der Waals surface area contributed by atoms with Crippen molar-refractivity contribution in [2.24, 2.45) is 11.3 Å². The fourth-order valence-corrected chi connectivity index (χ4v) is 5.87. The van der Waals surface area contributed by atoms with Crippen molar-refractivity contribution in [1.29, 1.82) is 0 Å². The molecule has 0 amide bonds. The highest BCUT2D eigenvalue weighted by Crippen LogP contribution is 2.55. The molecule has 3 aliphatic rings. The van der Waals surface area contributed by atoms with Crippen LogP contribution in [0.4, 0.5) is 13.2 Å². The smallest absolute Gasteiger partial charge is 0.388 e. The van der Waals surface area contributed by atoms with E-state index in [1.807, 2.05) is 19.9 Å². The van der Waals surface area contributed by atoms with Gasteiger partial charge < -0.3 is 14.9 Å². The van der Waals surface area contributed by atoms with Crippen molar-refractivity contribution in [3.05, 3.63) is 63.7 Å². The molecule has 2 N–H and O–H groups in total. The van der Waals surface area contributed by atoms with Crippen LogP contribution in [0.25, 0.3) is 5.57 Å². The molecule has 1 fully saturated rings. The van der Waals surface area contributed by atoms with Crippen LogP contribution in [0, 0.1) is 11.3 Å². The maximum atomic E-state index is 13.1. The van der Waals surface area contributed by atoms with Gasteiger partial charge in [0.15, 0.2) is 0 Å². The lowest BCUT2D eigenvalue weighted by molar-refractivity contribution is -0.137. The first-order valence-electron chi connectivity index (χ1n) is 14.6. The molecule has 1 saturated carbocycles. The van der Waals surface area contributed by atoms with Crippen molar-refractivity contribution < 1.29 is 28.1 Å². The Labute approximate surface area is 235 Å². The molecule has 3 heterocycles. The number of fused-ring (bicyclic) bond motifs is 1. The molecule has 2 atom stereocenters. The van der Waals surface area contributed by atoms with E-state index in [4.69, 9.17) is 9.72 Å². The van der Waals surface area contributed by atoms with Crippen LogP contribution < -0.4 is 0 Å². The summed E-state index contributed by atoms with van der Waals surface area (Å²) in [5, 5.41) is 22.9. The lowest BCUT2D eigenvalue weighted by Crippen LogP contribution is -2.38. The Kier molecular flexibility index (Phi) is 9.42. The second kappa shape index (κ2) is 12.3. The summed E-state index contributed by atoms with van der Waals surface area (Å²) in [5.41, 5.74) is 3.95. The fraction of sp³-hybridized carbons (Fsp3) is 0.625. The van der Waals surface area contributed by atoms with Crippen molar-refractivity contribution in [3.8, 4) is 0 Å². The van der Waals surface area contributed by atoms with E-state index in [0.717, 1.165) is 66.3 Å². The Balaban J connectivity index is 0.000000681. The maximum absolute atomic E-state index is 13.1. The summed E-state index contributed by atoms with van der Waals surface area (Å²) in [4.78, 5) is 8.99. The van der Waals surface area contributed by atoms with Gasteiger partial charge in [-0.2, -0.15) is 13.2 Å². The average molecular weight is 561 g/mol.